The summed E-state index contributed by atoms with van der Waals surface area (Å²) in [5.41, 5.74) is -1.88. The smallest absolute Gasteiger partial charge is 0.420 e. The Morgan fingerprint density at radius 3 is 2.85 bits per heavy atom. The first kappa shape index (κ1) is 18.6. The number of hydrogen-bond donors (Lipinski definition) is 3. The molecule has 2 atom stereocenters. The Labute approximate surface area is 147 Å². The Kier molecular flexibility index (Phi) is 5.17. The molecule has 2 aromatic rings. The summed E-state index contributed by atoms with van der Waals surface area (Å²) in [5.74, 6) is -0.224. The molecule has 10 heteroatoms. The topological polar surface area (TPSA) is 92.4 Å². The summed E-state index contributed by atoms with van der Waals surface area (Å²) in [6, 6.07) is 3.90. The van der Waals surface area contributed by atoms with Gasteiger partial charge in [-0.25, -0.2) is 0 Å². The number of aromatic nitrogens is 2. The number of nitrogens with one attached hydrogen (secondary N) is 2. The summed E-state index contributed by atoms with van der Waals surface area (Å²) in [5, 5.41) is 23.0. The lowest BCUT2D eigenvalue weighted by molar-refractivity contribution is -0.137. The van der Waals surface area contributed by atoms with Crippen molar-refractivity contribution in [3.8, 4) is 11.5 Å². The average Bonchev–Trinajstić information content (AvgIpc) is 3.14. The number of aliphatic hydroxyl groups excluding tert-OH is 1. The Bertz CT molecular complexity index is 739. The minimum atomic E-state index is -4.63. The van der Waals surface area contributed by atoms with Gasteiger partial charge in [0.1, 0.15) is 11.3 Å². The molecular weight excluding hydrogens is 353 g/mol. The minimum Gasteiger partial charge on any atom is -0.463 e. The van der Waals surface area contributed by atoms with E-state index in [1.165, 1.54) is 12.3 Å². The molecule has 3 rings (SSSR count). The maximum Gasteiger partial charge on any atom is 0.420 e. The van der Waals surface area contributed by atoms with E-state index < -0.39 is 23.1 Å². The molecule has 7 nitrogen and oxygen atoms in total. The fourth-order valence-electron chi connectivity index (χ4n) is 2.82. The third-order valence-electron chi connectivity index (χ3n) is 4.07. The number of morpholine rings is 1. The summed E-state index contributed by atoms with van der Waals surface area (Å²) >= 11 is 0. The molecule has 1 aliphatic heterocycles. The molecule has 0 aliphatic carbocycles. The van der Waals surface area contributed by atoms with Crippen molar-refractivity contribution >= 4 is 5.82 Å². The molecule has 1 saturated heterocycles. The van der Waals surface area contributed by atoms with Crippen molar-refractivity contribution in [3.05, 3.63) is 30.0 Å². The molecule has 3 N–H and O–H groups in total. The SMILES string of the molecule is C[C@@H]1COC[C@@](CO)(CNc2nnc(-c3ccco3)cc2C(F)(F)F)N1. The molecule has 0 spiro atoms. The van der Waals surface area contributed by atoms with Crippen LogP contribution in [0.25, 0.3) is 11.5 Å². The van der Waals surface area contributed by atoms with E-state index >= 15 is 0 Å². The Balaban J connectivity index is 1.85. The van der Waals surface area contributed by atoms with Gasteiger partial charge in [-0.2, -0.15) is 13.2 Å². The number of halogens is 3. The predicted octanol–water partition coefficient (Wildman–Crippen LogP) is 1.91. The molecule has 0 aromatic carbocycles. The quantitative estimate of drug-likeness (QED) is 0.738. The van der Waals surface area contributed by atoms with E-state index in [0.29, 0.717) is 6.61 Å². The number of ether oxygens (including phenoxy) is 1. The summed E-state index contributed by atoms with van der Waals surface area (Å²) in [4.78, 5) is 0. The molecule has 2 aromatic heterocycles. The van der Waals surface area contributed by atoms with Crippen LogP contribution < -0.4 is 10.6 Å². The van der Waals surface area contributed by atoms with E-state index in [2.05, 4.69) is 20.8 Å². The van der Waals surface area contributed by atoms with Gasteiger partial charge in [0.25, 0.3) is 0 Å². The molecule has 1 fully saturated rings. The van der Waals surface area contributed by atoms with Crippen molar-refractivity contribution in [2.75, 3.05) is 31.7 Å². The summed E-state index contributed by atoms with van der Waals surface area (Å²) in [6.07, 6.45) is -3.28. The van der Waals surface area contributed by atoms with Gasteiger partial charge in [0.15, 0.2) is 11.6 Å². The molecule has 0 radical (unpaired) electrons. The summed E-state index contributed by atoms with van der Waals surface area (Å²) < 4.78 is 50.8. The van der Waals surface area contributed by atoms with Crippen LogP contribution >= 0.6 is 0 Å². The van der Waals surface area contributed by atoms with Crippen molar-refractivity contribution in [3.63, 3.8) is 0 Å². The number of aliphatic hydroxyl groups is 1. The molecule has 0 bridgehead atoms. The number of alkyl halides is 3. The summed E-state index contributed by atoms with van der Waals surface area (Å²) in [7, 11) is 0. The van der Waals surface area contributed by atoms with Gasteiger partial charge < -0.3 is 24.9 Å². The van der Waals surface area contributed by atoms with Crippen LogP contribution in [0.4, 0.5) is 19.0 Å². The van der Waals surface area contributed by atoms with Gasteiger partial charge in [0.2, 0.25) is 0 Å². The molecule has 0 saturated carbocycles. The Morgan fingerprint density at radius 2 is 2.23 bits per heavy atom. The van der Waals surface area contributed by atoms with Crippen molar-refractivity contribution in [2.45, 2.75) is 24.7 Å². The zero-order valence-electron chi connectivity index (χ0n) is 14.0. The third kappa shape index (κ3) is 3.97. The first-order valence-electron chi connectivity index (χ1n) is 8.02. The summed E-state index contributed by atoms with van der Waals surface area (Å²) in [6.45, 7) is 2.19. The zero-order valence-corrected chi connectivity index (χ0v) is 14.0. The van der Waals surface area contributed by atoms with Crippen molar-refractivity contribution in [1.29, 1.82) is 0 Å². The maximum atomic E-state index is 13.4. The van der Waals surface area contributed by atoms with E-state index in [9.17, 15) is 18.3 Å². The van der Waals surface area contributed by atoms with Gasteiger partial charge in [-0.05, 0) is 25.1 Å². The van der Waals surface area contributed by atoms with Crippen molar-refractivity contribution in [2.24, 2.45) is 0 Å². The molecule has 142 valence electrons. The lowest BCUT2D eigenvalue weighted by atomic mass is 9.98. The molecule has 0 unspecified atom stereocenters. The van der Waals surface area contributed by atoms with Crippen molar-refractivity contribution in [1.82, 2.24) is 15.5 Å². The van der Waals surface area contributed by atoms with Gasteiger partial charge >= 0.3 is 6.18 Å². The highest BCUT2D eigenvalue weighted by atomic mass is 19.4. The van der Waals surface area contributed by atoms with Gasteiger partial charge in [0, 0.05) is 12.6 Å². The number of hydrogen-bond acceptors (Lipinski definition) is 7. The average molecular weight is 372 g/mol. The van der Waals surface area contributed by atoms with Crippen LogP contribution in [0.2, 0.25) is 0 Å². The molecular formula is C16H19F3N4O3. The fourth-order valence-corrected chi connectivity index (χ4v) is 2.82. The highest BCUT2D eigenvalue weighted by Gasteiger charge is 2.38. The highest BCUT2D eigenvalue weighted by molar-refractivity contribution is 5.57. The van der Waals surface area contributed by atoms with E-state index in [-0.39, 0.29) is 37.3 Å². The standard InChI is InChI=1S/C16H19F3N4O3/c1-10-6-25-9-15(8-24,21-10)7-20-14-11(16(17,18)19)5-12(22-23-14)13-3-2-4-26-13/h2-5,10,21,24H,6-9H2,1H3,(H,20,23)/t10-,15+/m1/s1. The zero-order chi connectivity index (χ0) is 18.8. The molecule has 26 heavy (non-hydrogen) atoms. The largest absolute Gasteiger partial charge is 0.463 e. The third-order valence-corrected chi connectivity index (χ3v) is 4.07. The lowest BCUT2D eigenvalue weighted by Gasteiger charge is -2.40. The van der Waals surface area contributed by atoms with Crippen LogP contribution in [0.3, 0.4) is 0 Å². The minimum absolute atomic E-state index is 0.00824. The number of anilines is 1. The number of rotatable bonds is 5. The first-order chi connectivity index (χ1) is 12.3. The van der Waals surface area contributed by atoms with Crippen LogP contribution in [-0.2, 0) is 10.9 Å². The monoisotopic (exact) mass is 372 g/mol. The Hall–Kier alpha value is -2.17. The second-order valence-electron chi connectivity index (χ2n) is 6.32. The predicted molar refractivity (Wildman–Crippen MR) is 86.5 cm³/mol. The number of furan rings is 1. The second-order valence-corrected chi connectivity index (χ2v) is 6.32. The molecule has 0 amide bonds. The fraction of sp³-hybridized carbons (Fsp3) is 0.500. The van der Waals surface area contributed by atoms with Crippen LogP contribution in [0.15, 0.2) is 28.9 Å². The van der Waals surface area contributed by atoms with Crippen LogP contribution in [0.1, 0.15) is 12.5 Å². The van der Waals surface area contributed by atoms with Crippen LogP contribution in [-0.4, -0.2) is 53.3 Å². The Morgan fingerprint density at radius 1 is 1.42 bits per heavy atom. The number of nitrogens with zero attached hydrogens (tertiary/aromatic N) is 2. The van der Waals surface area contributed by atoms with Gasteiger partial charge in [-0.15, -0.1) is 10.2 Å². The van der Waals surface area contributed by atoms with Gasteiger partial charge in [-0.3, -0.25) is 0 Å². The van der Waals surface area contributed by atoms with E-state index in [1.807, 2.05) is 6.92 Å². The van der Waals surface area contributed by atoms with Gasteiger partial charge in [-0.1, -0.05) is 0 Å². The van der Waals surface area contributed by atoms with E-state index in [4.69, 9.17) is 9.15 Å². The van der Waals surface area contributed by atoms with E-state index in [1.54, 1.807) is 6.07 Å². The second kappa shape index (κ2) is 7.22. The highest BCUT2D eigenvalue weighted by Crippen LogP contribution is 2.35. The van der Waals surface area contributed by atoms with E-state index in [0.717, 1.165) is 6.07 Å². The first-order valence-corrected chi connectivity index (χ1v) is 8.02. The normalized spacial score (nSPS) is 23.8. The lowest BCUT2D eigenvalue weighted by Crippen LogP contribution is -2.63. The van der Waals surface area contributed by atoms with Gasteiger partial charge in [0.05, 0.1) is 31.6 Å². The van der Waals surface area contributed by atoms with Crippen LogP contribution in [0, 0.1) is 0 Å². The van der Waals surface area contributed by atoms with Crippen molar-refractivity contribution < 1.29 is 27.4 Å². The van der Waals surface area contributed by atoms with Crippen LogP contribution in [0.5, 0.6) is 0 Å². The maximum absolute atomic E-state index is 13.4. The molecule has 3 heterocycles. The molecule has 1 aliphatic rings.